The van der Waals surface area contributed by atoms with Crippen LogP contribution in [0.4, 0.5) is 0 Å². The van der Waals surface area contributed by atoms with Crippen LogP contribution in [0.1, 0.15) is 265 Å². The fourth-order valence-electron chi connectivity index (χ4n) is 9.40. The Bertz CT molecular complexity index is 1940. The minimum absolute atomic E-state index is 0.0718. The third-order valence-corrected chi connectivity index (χ3v) is 14.5. The van der Waals surface area contributed by atoms with E-state index < -0.39 is 67.3 Å². The van der Waals surface area contributed by atoms with E-state index in [1.807, 2.05) is 18.2 Å². The molecule has 1 saturated heterocycles. The molecule has 0 aliphatic carbocycles. The van der Waals surface area contributed by atoms with E-state index in [1.165, 1.54) is 83.5 Å². The molecule has 0 spiro atoms. The number of aliphatic hydroxyl groups excluding tert-OH is 2. The van der Waals surface area contributed by atoms with Gasteiger partial charge in [0.2, 0.25) is 0 Å². The molecule has 0 bridgehead atoms. The molecule has 0 aromatic heterocycles. The maximum atomic E-state index is 13.2. The summed E-state index contributed by atoms with van der Waals surface area (Å²) in [6.45, 7) is 5.82. The van der Waals surface area contributed by atoms with E-state index in [0.29, 0.717) is 25.7 Å². The number of unbranched alkanes of at least 4 members (excludes halogenated alkanes) is 22. The Morgan fingerprint density at radius 2 is 0.765 bits per heavy atom. The Balaban J connectivity index is 2.71. The van der Waals surface area contributed by atoms with Gasteiger partial charge in [0, 0.05) is 19.3 Å². The molecule has 0 amide bonds. The van der Waals surface area contributed by atoms with Crippen molar-refractivity contribution in [2.24, 2.45) is 0 Å². The first-order valence-electron chi connectivity index (χ1n) is 33.5. The number of carbonyl (C=O) groups excluding carboxylic acids is 3. The van der Waals surface area contributed by atoms with Gasteiger partial charge in [0.15, 0.2) is 24.6 Å². The quantitative estimate of drug-likeness (QED) is 0.0228. The predicted molar refractivity (Wildman–Crippen MR) is 349 cm³/mol. The number of hydrogen-bond donors (Lipinski definition) is 3. The van der Waals surface area contributed by atoms with Gasteiger partial charge in [-0.15, -0.1) is 0 Å². The molecule has 0 aromatic carbocycles. The monoisotopic (exact) mass is 1190 g/mol. The summed E-state index contributed by atoms with van der Waals surface area (Å²) in [7, 11) is 0. The highest BCUT2D eigenvalue weighted by molar-refractivity contribution is 5.74. The molecule has 482 valence electrons. The van der Waals surface area contributed by atoms with Crippen LogP contribution in [0.3, 0.4) is 0 Å². The minimum atomic E-state index is -1.94. The number of carbonyl (C=O) groups is 4. The number of aliphatic carboxylic acids is 1. The van der Waals surface area contributed by atoms with Crippen LogP contribution in [-0.2, 0) is 42.9 Å². The van der Waals surface area contributed by atoms with E-state index in [-0.39, 0.29) is 25.9 Å². The number of hydrogen-bond acceptors (Lipinski definition) is 11. The summed E-state index contributed by atoms with van der Waals surface area (Å²) in [5.74, 6) is -3.26. The second-order valence-electron chi connectivity index (χ2n) is 22.4. The molecule has 85 heavy (non-hydrogen) atoms. The van der Waals surface area contributed by atoms with E-state index in [2.05, 4.69) is 124 Å². The van der Waals surface area contributed by atoms with Crippen molar-refractivity contribution in [1.29, 1.82) is 0 Å². The fraction of sp³-hybridized carbons (Fsp3) is 0.671. The number of allylic oxidation sites excluding steroid dienone is 20. The zero-order valence-electron chi connectivity index (χ0n) is 53.3. The van der Waals surface area contributed by atoms with Crippen molar-refractivity contribution in [2.45, 2.75) is 302 Å². The lowest BCUT2D eigenvalue weighted by atomic mass is 9.98. The summed E-state index contributed by atoms with van der Waals surface area (Å²) in [5, 5.41) is 31.6. The first-order valence-corrected chi connectivity index (χ1v) is 33.5. The summed E-state index contributed by atoms with van der Waals surface area (Å²) >= 11 is 0. The van der Waals surface area contributed by atoms with Crippen molar-refractivity contribution in [3.05, 3.63) is 122 Å². The third-order valence-electron chi connectivity index (χ3n) is 14.5. The second kappa shape index (κ2) is 59.5. The maximum absolute atomic E-state index is 13.2. The van der Waals surface area contributed by atoms with Gasteiger partial charge >= 0.3 is 23.9 Å². The van der Waals surface area contributed by atoms with E-state index in [0.717, 1.165) is 116 Å². The Morgan fingerprint density at radius 3 is 1.21 bits per heavy atom. The molecular weight excluding hydrogens is 1070 g/mol. The average molecular weight is 1190 g/mol. The van der Waals surface area contributed by atoms with Crippen LogP contribution in [-0.4, -0.2) is 89.2 Å². The number of carboxylic acids is 1. The van der Waals surface area contributed by atoms with E-state index in [9.17, 15) is 34.5 Å². The Labute approximate surface area is 516 Å². The lowest BCUT2D eigenvalue weighted by Gasteiger charge is -2.40. The van der Waals surface area contributed by atoms with Crippen LogP contribution >= 0.6 is 0 Å². The summed E-state index contributed by atoms with van der Waals surface area (Å²) in [6, 6.07) is 0. The van der Waals surface area contributed by atoms with Gasteiger partial charge in [-0.05, 0) is 122 Å². The molecule has 1 heterocycles. The molecule has 6 atom stereocenters. The summed E-state index contributed by atoms with van der Waals surface area (Å²) in [5.41, 5.74) is 0. The highest BCUT2D eigenvalue weighted by atomic mass is 16.7. The Morgan fingerprint density at radius 1 is 0.400 bits per heavy atom. The van der Waals surface area contributed by atoms with Crippen LogP contribution in [0.2, 0.25) is 0 Å². The van der Waals surface area contributed by atoms with Crippen molar-refractivity contribution in [3.63, 3.8) is 0 Å². The highest BCUT2D eigenvalue weighted by Crippen LogP contribution is 2.26. The molecular formula is C73H118O12. The summed E-state index contributed by atoms with van der Waals surface area (Å²) < 4.78 is 28.5. The lowest BCUT2D eigenvalue weighted by molar-refractivity contribution is -0.301. The van der Waals surface area contributed by atoms with Gasteiger partial charge in [-0.3, -0.25) is 14.4 Å². The minimum Gasteiger partial charge on any atom is -0.479 e. The second-order valence-corrected chi connectivity index (χ2v) is 22.4. The van der Waals surface area contributed by atoms with Crippen molar-refractivity contribution >= 4 is 23.9 Å². The van der Waals surface area contributed by atoms with Crippen molar-refractivity contribution < 1.29 is 58.2 Å². The zero-order chi connectivity index (χ0) is 61.7. The standard InChI is InChI=1S/C73H118O12/c1-4-7-10-13-16-19-22-25-28-31-33-36-38-41-44-47-50-53-56-59-65(74)81-62-64(83-66(75)60-57-54-51-48-45-42-39-35-30-27-24-21-18-15-12-9-6-3)63-82-73-71(69(78)68(77)70(85-73)72(79)80)84-67(76)61-58-55-52-49-46-43-40-37-34-32-29-26-23-20-17-14-11-8-5-2/h8,11,16-17,19-20,25-30,33-34,36-37,43,46,52,55,64,68-71,73,77-78H,4-7,9-10,12-15,18,21-24,31-32,35,38-42,44-45,47-51,53-54,56-63H2,1-3H3,(H,79,80)/b11-8-,19-16-,20-17-,28-25-,29-26-,30-27-,36-33-,37-34-,46-43-,55-52-. The molecule has 1 fully saturated rings. The van der Waals surface area contributed by atoms with Crippen molar-refractivity contribution in [3.8, 4) is 0 Å². The van der Waals surface area contributed by atoms with Crippen LogP contribution in [0.25, 0.3) is 0 Å². The smallest absolute Gasteiger partial charge is 0.335 e. The SMILES string of the molecule is CC/C=C\C/C=C\C/C=C\C/C=C\C/C=C\C/C=C\CCC(=O)OC1C(OCC(COC(=O)CCCCCCCC/C=C\C/C=C\C/C=C\CCCCC)OC(=O)CCCCCCCCC/C=C\CCCCCCCC)OC(C(=O)O)C(O)C1O. The summed E-state index contributed by atoms with van der Waals surface area (Å²) in [6.07, 6.45) is 70.2. The Hall–Kier alpha value is -4.88. The maximum Gasteiger partial charge on any atom is 0.335 e. The molecule has 12 heteroatoms. The number of carboxylic acid groups (broad SMARTS) is 1. The number of esters is 3. The molecule has 0 aromatic rings. The molecule has 6 unspecified atom stereocenters. The first-order chi connectivity index (χ1) is 41.6. The van der Waals surface area contributed by atoms with Crippen LogP contribution in [0.15, 0.2) is 122 Å². The Kier molecular flexibility index (Phi) is 54.6. The van der Waals surface area contributed by atoms with Crippen LogP contribution in [0.5, 0.6) is 0 Å². The van der Waals surface area contributed by atoms with Crippen LogP contribution in [0, 0.1) is 0 Å². The molecule has 0 saturated carbocycles. The number of rotatable bonds is 56. The van der Waals surface area contributed by atoms with Gasteiger partial charge < -0.3 is 39.0 Å². The van der Waals surface area contributed by atoms with Gasteiger partial charge in [-0.1, -0.05) is 245 Å². The van der Waals surface area contributed by atoms with Gasteiger partial charge in [0.1, 0.15) is 18.8 Å². The molecule has 0 radical (unpaired) electrons. The average Bonchev–Trinajstić information content (AvgIpc) is 2.79. The summed E-state index contributed by atoms with van der Waals surface area (Å²) in [4.78, 5) is 51.4. The van der Waals surface area contributed by atoms with E-state index in [1.54, 1.807) is 0 Å². The molecule has 1 rings (SSSR count). The molecule has 1 aliphatic rings. The third kappa shape index (κ3) is 48.9. The fourth-order valence-corrected chi connectivity index (χ4v) is 9.40. The van der Waals surface area contributed by atoms with Crippen LogP contribution < -0.4 is 0 Å². The van der Waals surface area contributed by atoms with E-state index >= 15 is 0 Å². The molecule has 12 nitrogen and oxygen atoms in total. The van der Waals surface area contributed by atoms with E-state index in [4.69, 9.17) is 23.7 Å². The van der Waals surface area contributed by atoms with Gasteiger partial charge in [-0.2, -0.15) is 0 Å². The lowest BCUT2D eigenvalue weighted by Crippen LogP contribution is -2.61. The normalized spacial score (nSPS) is 18.2. The molecule has 1 aliphatic heterocycles. The van der Waals surface area contributed by atoms with Crippen molar-refractivity contribution in [1.82, 2.24) is 0 Å². The van der Waals surface area contributed by atoms with Gasteiger partial charge in [0.05, 0.1) is 6.61 Å². The predicted octanol–water partition coefficient (Wildman–Crippen LogP) is 18.3. The van der Waals surface area contributed by atoms with Crippen molar-refractivity contribution in [2.75, 3.05) is 13.2 Å². The molecule has 3 N–H and O–H groups in total. The first kappa shape index (κ1) is 78.1. The zero-order valence-corrected chi connectivity index (χ0v) is 53.3. The highest BCUT2D eigenvalue weighted by Gasteiger charge is 2.50. The van der Waals surface area contributed by atoms with Gasteiger partial charge in [-0.25, -0.2) is 4.79 Å². The number of aliphatic hydroxyl groups is 2. The topological polar surface area (TPSA) is 175 Å². The largest absolute Gasteiger partial charge is 0.479 e. The number of ether oxygens (including phenoxy) is 5. The van der Waals surface area contributed by atoms with Gasteiger partial charge in [0.25, 0.3) is 0 Å².